The van der Waals surface area contributed by atoms with Gasteiger partial charge in [-0.3, -0.25) is 14.4 Å². The summed E-state index contributed by atoms with van der Waals surface area (Å²) in [5.74, 6) is -0.906. The van der Waals surface area contributed by atoms with Crippen LogP contribution in [0.15, 0.2) is 42.6 Å². The predicted octanol–water partition coefficient (Wildman–Crippen LogP) is 2.97. The molecule has 2 aromatic rings. The summed E-state index contributed by atoms with van der Waals surface area (Å²) in [6.07, 6.45) is 1.98. The van der Waals surface area contributed by atoms with Crippen molar-refractivity contribution in [2.45, 2.75) is 32.3 Å². The van der Waals surface area contributed by atoms with E-state index < -0.39 is 18.0 Å². The van der Waals surface area contributed by atoms with Crippen molar-refractivity contribution in [3.63, 3.8) is 0 Å². The highest BCUT2D eigenvalue weighted by atomic mass is 35.5. The normalized spacial score (nSPS) is 14.6. The Morgan fingerprint density at radius 3 is 2.68 bits per heavy atom. The van der Waals surface area contributed by atoms with E-state index in [1.807, 2.05) is 12.1 Å². The number of pyridine rings is 1. The molecule has 2 amide bonds. The number of carbonyl (C=O) groups is 3. The van der Waals surface area contributed by atoms with Gasteiger partial charge in [0.1, 0.15) is 0 Å². The van der Waals surface area contributed by atoms with Crippen molar-refractivity contribution < 1.29 is 19.1 Å². The zero-order chi connectivity index (χ0) is 20.1. The number of esters is 1. The van der Waals surface area contributed by atoms with Crippen LogP contribution in [0.25, 0.3) is 0 Å². The summed E-state index contributed by atoms with van der Waals surface area (Å²) in [6, 6.07) is 10.4. The third-order valence-electron chi connectivity index (χ3n) is 4.36. The van der Waals surface area contributed by atoms with Crippen LogP contribution in [-0.2, 0) is 25.5 Å². The quantitative estimate of drug-likeness (QED) is 0.593. The van der Waals surface area contributed by atoms with Gasteiger partial charge in [-0.2, -0.15) is 0 Å². The number of nitrogens with one attached hydrogen (secondary N) is 1. The molecule has 8 heteroatoms. The van der Waals surface area contributed by atoms with Crippen LogP contribution < -0.4 is 10.2 Å². The van der Waals surface area contributed by atoms with Crippen LogP contribution in [0.4, 0.5) is 11.4 Å². The second kappa shape index (κ2) is 8.84. The molecule has 0 aliphatic carbocycles. The third-order valence-corrected chi connectivity index (χ3v) is 4.67. The number of aromatic nitrogens is 1. The van der Waals surface area contributed by atoms with Crippen LogP contribution in [0.2, 0.25) is 5.15 Å². The number of ether oxygens (including phenoxy) is 1. The zero-order valence-corrected chi connectivity index (χ0v) is 16.1. The Morgan fingerprint density at radius 1 is 1.29 bits per heavy atom. The maximum absolute atomic E-state index is 12.2. The van der Waals surface area contributed by atoms with Gasteiger partial charge in [-0.25, -0.2) is 4.98 Å². The second-order valence-corrected chi connectivity index (χ2v) is 6.81. The summed E-state index contributed by atoms with van der Waals surface area (Å²) < 4.78 is 5.20. The van der Waals surface area contributed by atoms with Gasteiger partial charge in [0.15, 0.2) is 11.3 Å². The molecule has 146 valence electrons. The molecule has 1 aliphatic heterocycles. The number of nitrogens with zero attached hydrogens (tertiary/aromatic N) is 2. The maximum atomic E-state index is 12.2. The van der Waals surface area contributed by atoms with E-state index in [1.165, 1.54) is 13.1 Å². The third kappa shape index (κ3) is 4.86. The predicted molar refractivity (Wildman–Crippen MR) is 105 cm³/mol. The molecule has 1 N–H and O–H groups in total. The lowest BCUT2D eigenvalue weighted by molar-refractivity contribution is -0.152. The van der Waals surface area contributed by atoms with Gasteiger partial charge in [0, 0.05) is 24.8 Å². The monoisotopic (exact) mass is 401 g/mol. The Hall–Kier alpha value is -2.93. The smallest absolute Gasteiger partial charge is 0.311 e. The van der Waals surface area contributed by atoms with E-state index in [4.69, 9.17) is 16.3 Å². The van der Waals surface area contributed by atoms with Crippen molar-refractivity contribution >= 4 is 40.8 Å². The van der Waals surface area contributed by atoms with E-state index in [-0.39, 0.29) is 17.5 Å². The number of benzene rings is 1. The highest BCUT2D eigenvalue weighted by Gasteiger charge is 2.22. The molecule has 1 aromatic heterocycles. The topological polar surface area (TPSA) is 88.6 Å². The van der Waals surface area contributed by atoms with E-state index >= 15 is 0 Å². The molecule has 1 atom stereocenters. The first-order valence-electron chi connectivity index (χ1n) is 8.94. The van der Waals surface area contributed by atoms with Gasteiger partial charge in [0.25, 0.3) is 5.91 Å². The number of hydrogen-bond acceptors (Lipinski definition) is 5. The Balaban J connectivity index is 1.52. The summed E-state index contributed by atoms with van der Waals surface area (Å²) in [7, 11) is 0. The molecule has 1 fully saturated rings. The number of rotatable bonds is 6. The first-order valence-corrected chi connectivity index (χ1v) is 9.32. The van der Waals surface area contributed by atoms with Crippen LogP contribution in [0, 0.1) is 0 Å². The van der Waals surface area contributed by atoms with Gasteiger partial charge >= 0.3 is 5.97 Å². The first-order chi connectivity index (χ1) is 13.4. The average molecular weight is 402 g/mol. The van der Waals surface area contributed by atoms with Crippen LogP contribution in [0.3, 0.4) is 0 Å². The minimum Gasteiger partial charge on any atom is -0.452 e. The first kappa shape index (κ1) is 19.8. The Bertz CT molecular complexity index is 885. The molecule has 1 unspecified atom stereocenters. The molecule has 0 saturated carbocycles. The molecule has 2 heterocycles. The highest BCUT2D eigenvalue weighted by Crippen LogP contribution is 2.22. The van der Waals surface area contributed by atoms with Crippen molar-refractivity contribution in [3.8, 4) is 0 Å². The minimum absolute atomic E-state index is 0.0273. The molecule has 0 spiro atoms. The molecule has 0 radical (unpaired) electrons. The number of halogens is 1. The molecule has 3 rings (SSSR count). The summed E-state index contributed by atoms with van der Waals surface area (Å²) in [5, 5.41) is 2.73. The van der Waals surface area contributed by atoms with Crippen LogP contribution in [0.1, 0.15) is 25.3 Å². The fraction of sp³-hybridized carbons (Fsp3) is 0.300. The standard InChI is InChI=1S/C20H20ClN3O4/c1-13(20(27)23-16-4-2-10-22-19(16)21)28-18(26)12-14-6-8-15(9-7-14)24-11-3-5-17(24)25/h2,4,6-10,13H,3,5,11-12H2,1H3,(H,23,27). The lowest BCUT2D eigenvalue weighted by atomic mass is 10.1. The maximum Gasteiger partial charge on any atom is 0.311 e. The van der Waals surface area contributed by atoms with Crippen molar-refractivity contribution in [2.75, 3.05) is 16.8 Å². The van der Waals surface area contributed by atoms with E-state index in [1.54, 1.807) is 29.2 Å². The zero-order valence-electron chi connectivity index (χ0n) is 15.4. The average Bonchev–Trinajstić information content (AvgIpc) is 3.10. The fourth-order valence-corrected chi connectivity index (χ4v) is 3.05. The van der Waals surface area contributed by atoms with E-state index in [9.17, 15) is 14.4 Å². The number of amides is 2. The lowest BCUT2D eigenvalue weighted by Gasteiger charge is -2.16. The summed E-state index contributed by atoms with van der Waals surface area (Å²) in [4.78, 5) is 41.7. The molecular weight excluding hydrogens is 382 g/mol. The van der Waals surface area contributed by atoms with Gasteiger partial charge in [0.2, 0.25) is 5.91 Å². The Labute approximate surface area is 167 Å². The molecular formula is C20H20ClN3O4. The van der Waals surface area contributed by atoms with E-state index in [0.717, 1.165) is 17.7 Å². The highest BCUT2D eigenvalue weighted by molar-refractivity contribution is 6.32. The Morgan fingerprint density at radius 2 is 2.04 bits per heavy atom. The van der Waals surface area contributed by atoms with Gasteiger partial charge in [-0.15, -0.1) is 0 Å². The summed E-state index contributed by atoms with van der Waals surface area (Å²) in [5.41, 5.74) is 1.91. The summed E-state index contributed by atoms with van der Waals surface area (Å²) >= 11 is 5.90. The second-order valence-electron chi connectivity index (χ2n) is 6.46. The van der Waals surface area contributed by atoms with Crippen molar-refractivity contribution in [2.24, 2.45) is 0 Å². The minimum atomic E-state index is -0.981. The molecule has 1 saturated heterocycles. The van der Waals surface area contributed by atoms with E-state index in [2.05, 4.69) is 10.3 Å². The fourth-order valence-electron chi connectivity index (χ4n) is 2.89. The van der Waals surface area contributed by atoms with Crippen LogP contribution >= 0.6 is 11.6 Å². The molecule has 0 bridgehead atoms. The largest absolute Gasteiger partial charge is 0.452 e. The number of anilines is 2. The van der Waals surface area contributed by atoms with Crippen LogP contribution in [0.5, 0.6) is 0 Å². The van der Waals surface area contributed by atoms with Crippen molar-refractivity contribution in [3.05, 3.63) is 53.3 Å². The molecule has 7 nitrogen and oxygen atoms in total. The van der Waals surface area contributed by atoms with Gasteiger partial charge in [0.05, 0.1) is 12.1 Å². The van der Waals surface area contributed by atoms with Crippen molar-refractivity contribution in [1.29, 1.82) is 0 Å². The molecule has 28 heavy (non-hydrogen) atoms. The van der Waals surface area contributed by atoms with E-state index in [0.29, 0.717) is 18.7 Å². The number of hydrogen-bond donors (Lipinski definition) is 1. The number of carbonyl (C=O) groups excluding carboxylic acids is 3. The van der Waals surface area contributed by atoms with Crippen LogP contribution in [-0.4, -0.2) is 35.4 Å². The molecule has 1 aromatic carbocycles. The SMILES string of the molecule is CC(OC(=O)Cc1ccc(N2CCCC2=O)cc1)C(=O)Nc1cccnc1Cl. The summed E-state index contributed by atoms with van der Waals surface area (Å²) in [6.45, 7) is 2.20. The lowest BCUT2D eigenvalue weighted by Crippen LogP contribution is -2.30. The molecule has 1 aliphatic rings. The van der Waals surface area contributed by atoms with Gasteiger partial charge in [-0.1, -0.05) is 23.7 Å². The van der Waals surface area contributed by atoms with Gasteiger partial charge < -0.3 is 15.0 Å². The van der Waals surface area contributed by atoms with Gasteiger partial charge in [-0.05, 0) is 43.2 Å². The van der Waals surface area contributed by atoms with Crippen molar-refractivity contribution in [1.82, 2.24) is 4.98 Å². The Kier molecular flexibility index (Phi) is 6.26.